The number of halogens is 2. The number of aryl methyl sites for hydroxylation is 1. The highest BCUT2D eigenvalue weighted by Crippen LogP contribution is 2.26. The summed E-state index contributed by atoms with van der Waals surface area (Å²) in [6.45, 7) is 1.61. The molecule has 0 bridgehead atoms. The van der Waals surface area contributed by atoms with Crippen LogP contribution in [0.15, 0.2) is 22.7 Å². The van der Waals surface area contributed by atoms with E-state index in [2.05, 4.69) is 20.9 Å². The molecule has 2 aromatic rings. The average Bonchev–Trinajstić information content (AvgIpc) is 2.23. The van der Waals surface area contributed by atoms with Crippen LogP contribution in [0.2, 0.25) is 0 Å². The Morgan fingerprint density at radius 1 is 1.50 bits per heavy atom. The summed E-state index contributed by atoms with van der Waals surface area (Å²) in [5.74, 6) is -1.66. The van der Waals surface area contributed by atoms with Crippen molar-refractivity contribution in [2.75, 3.05) is 0 Å². The zero-order chi connectivity index (χ0) is 11.9. The van der Waals surface area contributed by atoms with Crippen LogP contribution >= 0.6 is 15.9 Å². The molecule has 0 spiro atoms. The summed E-state index contributed by atoms with van der Waals surface area (Å²) < 4.78 is 14.3. The highest BCUT2D eigenvalue weighted by atomic mass is 79.9. The molecule has 0 aliphatic heterocycles. The Kier molecular flexibility index (Phi) is 2.63. The fourth-order valence-corrected chi connectivity index (χ4v) is 1.96. The molecule has 5 heteroatoms. The van der Waals surface area contributed by atoms with Crippen molar-refractivity contribution in [3.05, 3.63) is 39.7 Å². The normalized spacial score (nSPS) is 10.7. The van der Waals surface area contributed by atoms with E-state index in [1.807, 2.05) is 0 Å². The molecule has 0 atom stereocenters. The number of carboxylic acid groups (broad SMARTS) is 1. The Balaban J connectivity index is 2.88. The number of fused-ring (bicyclic) bond motifs is 1. The Labute approximate surface area is 99.1 Å². The van der Waals surface area contributed by atoms with Gasteiger partial charge in [-0.1, -0.05) is 28.1 Å². The van der Waals surface area contributed by atoms with Gasteiger partial charge in [0.2, 0.25) is 0 Å². The van der Waals surface area contributed by atoms with E-state index < -0.39 is 11.8 Å². The number of nitrogens with zero attached hydrogens (tertiary/aromatic N) is 1. The van der Waals surface area contributed by atoms with Gasteiger partial charge in [0.15, 0.2) is 5.82 Å². The van der Waals surface area contributed by atoms with Crippen molar-refractivity contribution < 1.29 is 14.3 Å². The average molecular weight is 284 g/mol. The summed E-state index contributed by atoms with van der Waals surface area (Å²) >= 11 is 3.20. The van der Waals surface area contributed by atoms with Crippen molar-refractivity contribution >= 4 is 32.8 Å². The van der Waals surface area contributed by atoms with E-state index in [0.29, 0.717) is 15.4 Å². The smallest absolute Gasteiger partial charge is 0.354 e. The molecule has 3 nitrogen and oxygen atoms in total. The van der Waals surface area contributed by atoms with E-state index in [-0.39, 0.29) is 11.2 Å². The van der Waals surface area contributed by atoms with E-state index in [1.54, 1.807) is 19.1 Å². The molecule has 0 amide bonds. The predicted octanol–water partition coefficient (Wildman–Crippen LogP) is 3.14. The van der Waals surface area contributed by atoms with Crippen molar-refractivity contribution in [3.63, 3.8) is 0 Å². The summed E-state index contributed by atoms with van der Waals surface area (Å²) in [4.78, 5) is 14.6. The number of benzene rings is 1. The molecule has 1 aromatic carbocycles. The SMILES string of the molecule is Cc1ccc2c(Br)cc(C(=O)O)nc2c1F. The van der Waals surface area contributed by atoms with Crippen molar-refractivity contribution in [3.8, 4) is 0 Å². The van der Waals surface area contributed by atoms with E-state index in [0.717, 1.165) is 0 Å². The quantitative estimate of drug-likeness (QED) is 0.875. The lowest BCUT2D eigenvalue weighted by molar-refractivity contribution is 0.0691. The molecule has 0 saturated heterocycles. The molecule has 0 fully saturated rings. The fourth-order valence-electron chi connectivity index (χ4n) is 1.43. The van der Waals surface area contributed by atoms with Crippen LogP contribution in [0.25, 0.3) is 10.9 Å². The van der Waals surface area contributed by atoms with Crippen LogP contribution in [0, 0.1) is 12.7 Å². The van der Waals surface area contributed by atoms with Gasteiger partial charge in [0, 0.05) is 9.86 Å². The van der Waals surface area contributed by atoms with Crippen LogP contribution in [0.3, 0.4) is 0 Å². The third-order valence-corrected chi connectivity index (χ3v) is 2.94. The zero-order valence-electron chi connectivity index (χ0n) is 8.29. The maximum atomic E-state index is 13.7. The van der Waals surface area contributed by atoms with Crippen LogP contribution in [0.5, 0.6) is 0 Å². The predicted molar refractivity (Wildman–Crippen MR) is 61.1 cm³/mol. The first-order valence-corrected chi connectivity index (χ1v) is 5.28. The van der Waals surface area contributed by atoms with Gasteiger partial charge in [-0.05, 0) is 18.6 Å². The van der Waals surface area contributed by atoms with Crippen molar-refractivity contribution in [1.82, 2.24) is 4.98 Å². The third kappa shape index (κ3) is 1.67. The number of pyridine rings is 1. The van der Waals surface area contributed by atoms with Gasteiger partial charge in [-0.3, -0.25) is 0 Å². The Bertz CT molecular complexity index is 598. The maximum absolute atomic E-state index is 13.7. The highest BCUT2D eigenvalue weighted by Gasteiger charge is 2.13. The third-order valence-electron chi connectivity index (χ3n) is 2.28. The first kappa shape index (κ1) is 11.0. The molecule has 0 radical (unpaired) electrons. The van der Waals surface area contributed by atoms with Gasteiger partial charge >= 0.3 is 5.97 Å². The van der Waals surface area contributed by atoms with E-state index in [4.69, 9.17) is 5.11 Å². The van der Waals surface area contributed by atoms with Crippen LogP contribution in [0.1, 0.15) is 16.1 Å². The number of hydrogen-bond acceptors (Lipinski definition) is 2. The van der Waals surface area contributed by atoms with Gasteiger partial charge in [0.1, 0.15) is 11.2 Å². The lowest BCUT2D eigenvalue weighted by atomic mass is 10.1. The van der Waals surface area contributed by atoms with Gasteiger partial charge < -0.3 is 5.11 Å². The second kappa shape index (κ2) is 3.83. The Hall–Kier alpha value is -1.49. The molecule has 1 N–H and O–H groups in total. The molecule has 1 aromatic heterocycles. The molecule has 2 rings (SSSR count). The Morgan fingerprint density at radius 3 is 2.81 bits per heavy atom. The topological polar surface area (TPSA) is 50.2 Å². The monoisotopic (exact) mass is 283 g/mol. The summed E-state index contributed by atoms with van der Waals surface area (Å²) in [5.41, 5.74) is 0.338. The van der Waals surface area contributed by atoms with Gasteiger partial charge in [-0.15, -0.1) is 0 Å². The van der Waals surface area contributed by atoms with Gasteiger partial charge in [0.05, 0.1) is 0 Å². The first-order chi connectivity index (χ1) is 7.50. The molecule has 0 unspecified atom stereocenters. The molecular weight excluding hydrogens is 277 g/mol. The van der Waals surface area contributed by atoms with Crippen LogP contribution in [-0.4, -0.2) is 16.1 Å². The number of aromatic nitrogens is 1. The summed E-state index contributed by atoms with van der Waals surface area (Å²) in [6.07, 6.45) is 0. The Morgan fingerprint density at radius 2 is 2.19 bits per heavy atom. The first-order valence-electron chi connectivity index (χ1n) is 4.49. The molecule has 16 heavy (non-hydrogen) atoms. The van der Waals surface area contributed by atoms with Crippen molar-refractivity contribution in [2.24, 2.45) is 0 Å². The molecular formula is C11H7BrFNO2. The van der Waals surface area contributed by atoms with Gasteiger partial charge in [-0.25, -0.2) is 14.2 Å². The number of aromatic carboxylic acids is 1. The van der Waals surface area contributed by atoms with Crippen LogP contribution < -0.4 is 0 Å². The van der Waals surface area contributed by atoms with Gasteiger partial charge in [-0.2, -0.15) is 0 Å². The van der Waals surface area contributed by atoms with Gasteiger partial charge in [0.25, 0.3) is 0 Å². The summed E-state index contributed by atoms with van der Waals surface area (Å²) in [5, 5.41) is 9.39. The van der Waals surface area contributed by atoms with E-state index in [1.165, 1.54) is 6.07 Å². The van der Waals surface area contributed by atoms with Crippen LogP contribution in [0.4, 0.5) is 4.39 Å². The molecule has 0 aliphatic carbocycles. The number of carboxylic acids is 1. The second-order valence-corrected chi connectivity index (χ2v) is 4.24. The molecule has 1 heterocycles. The van der Waals surface area contributed by atoms with E-state index >= 15 is 0 Å². The van der Waals surface area contributed by atoms with E-state index in [9.17, 15) is 9.18 Å². The van der Waals surface area contributed by atoms with Crippen LogP contribution in [-0.2, 0) is 0 Å². The summed E-state index contributed by atoms with van der Waals surface area (Å²) in [6, 6.07) is 4.69. The standard InChI is InChI=1S/C11H7BrFNO2/c1-5-2-3-6-7(12)4-8(11(15)16)14-10(6)9(5)13/h2-4H,1H3,(H,15,16). The molecule has 0 aliphatic rings. The summed E-state index contributed by atoms with van der Waals surface area (Å²) in [7, 11) is 0. The lowest BCUT2D eigenvalue weighted by Gasteiger charge is -2.05. The number of hydrogen-bond donors (Lipinski definition) is 1. The highest BCUT2D eigenvalue weighted by molar-refractivity contribution is 9.10. The number of carbonyl (C=O) groups is 1. The minimum Gasteiger partial charge on any atom is -0.477 e. The minimum absolute atomic E-state index is 0.0757. The lowest BCUT2D eigenvalue weighted by Crippen LogP contribution is -2.02. The van der Waals surface area contributed by atoms with Crippen molar-refractivity contribution in [2.45, 2.75) is 6.92 Å². The largest absolute Gasteiger partial charge is 0.477 e. The van der Waals surface area contributed by atoms with Crippen molar-refractivity contribution in [1.29, 1.82) is 0 Å². The second-order valence-electron chi connectivity index (χ2n) is 3.39. The zero-order valence-corrected chi connectivity index (χ0v) is 9.88. The molecule has 82 valence electrons. The maximum Gasteiger partial charge on any atom is 0.354 e. The fraction of sp³-hybridized carbons (Fsp3) is 0.0909. The number of rotatable bonds is 1. The minimum atomic E-state index is -1.18. The molecule has 0 saturated carbocycles.